The molecule has 0 bridgehead atoms. The highest BCUT2D eigenvalue weighted by molar-refractivity contribution is 6.32. The van der Waals surface area contributed by atoms with Crippen LogP contribution in [0.3, 0.4) is 0 Å². The molecule has 3 aromatic carbocycles. The zero-order valence-electron chi connectivity index (χ0n) is 14.5. The van der Waals surface area contributed by atoms with Gasteiger partial charge in [-0.25, -0.2) is 0 Å². The van der Waals surface area contributed by atoms with Gasteiger partial charge >= 0.3 is 0 Å². The first-order valence-electron chi connectivity index (χ1n) is 8.39. The van der Waals surface area contributed by atoms with Gasteiger partial charge in [-0.1, -0.05) is 29.8 Å². The Labute approximate surface area is 158 Å². The number of ether oxygens (including phenoxy) is 2. The Bertz CT molecular complexity index is 823. The Kier molecular flexibility index (Phi) is 6.23. The summed E-state index contributed by atoms with van der Waals surface area (Å²) in [5.74, 6) is 2.32. The molecule has 26 heavy (non-hydrogen) atoms. The maximum Gasteiger partial charge on any atom is 0.137 e. The van der Waals surface area contributed by atoms with Crippen molar-refractivity contribution < 1.29 is 9.47 Å². The van der Waals surface area contributed by atoms with Crippen molar-refractivity contribution in [2.45, 2.75) is 0 Å². The van der Waals surface area contributed by atoms with Gasteiger partial charge in [0.25, 0.3) is 0 Å². The zero-order chi connectivity index (χ0) is 18.2. The summed E-state index contributed by atoms with van der Waals surface area (Å²) in [5.41, 5.74) is 2.00. The molecule has 0 spiro atoms. The molecule has 0 fully saturated rings. The second-order valence-corrected chi connectivity index (χ2v) is 6.05. The van der Waals surface area contributed by atoms with Crippen molar-refractivity contribution in [3.63, 3.8) is 0 Å². The smallest absolute Gasteiger partial charge is 0.137 e. The van der Waals surface area contributed by atoms with E-state index in [0.717, 1.165) is 36.0 Å². The van der Waals surface area contributed by atoms with E-state index in [0.29, 0.717) is 10.8 Å². The van der Waals surface area contributed by atoms with Gasteiger partial charge in [0.2, 0.25) is 0 Å². The van der Waals surface area contributed by atoms with E-state index in [1.807, 2.05) is 72.8 Å². The molecule has 134 valence electrons. The second-order valence-electron chi connectivity index (χ2n) is 5.64. The van der Waals surface area contributed by atoms with E-state index in [1.165, 1.54) is 0 Å². The molecule has 0 amide bonds. The highest BCUT2D eigenvalue weighted by Crippen LogP contribution is 2.27. The molecule has 0 aliphatic rings. The van der Waals surface area contributed by atoms with Crippen LogP contribution in [0.4, 0.5) is 11.4 Å². The van der Waals surface area contributed by atoms with E-state index in [4.69, 9.17) is 21.1 Å². The van der Waals surface area contributed by atoms with Crippen LogP contribution in [0.2, 0.25) is 5.02 Å². The predicted octanol–water partition coefficient (Wildman–Crippen LogP) is 5.66. The average molecular weight is 369 g/mol. The van der Waals surface area contributed by atoms with Gasteiger partial charge in [-0.2, -0.15) is 0 Å². The number of rotatable bonds is 8. The highest BCUT2D eigenvalue weighted by Gasteiger charge is 2.01. The van der Waals surface area contributed by atoms with Crippen molar-refractivity contribution in [1.29, 1.82) is 0 Å². The number of benzene rings is 3. The minimum Gasteiger partial charge on any atom is -0.495 e. The third-order valence-electron chi connectivity index (χ3n) is 3.77. The predicted molar refractivity (Wildman–Crippen MR) is 108 cm³/mol. The summed E-state index contributed by atoms with van der Waals surface area (Å²) in [6.07, 6.45) is 0. The van der Waals surface area contributed by atoms with Crippen molar-refractivity contribution in [2.24, 2.45) is 0 Å². The molecule has 0 saturated carbocycles. The lowest BCUT2D eigenvalue weighted by atomic mass is 10.3. The van der Waals surface area contributed by atoms with E-state index >= 15 is 0 Å². The molecule has 5 heteroatoms. The number of hydrogen-bond acceptors (Lipinski definition) is 4. The van der Waals surface area contributed by atoms with Crippen LogP contribution in [-0.4, -0.2) is 20.2 Å². The Hall–Kier alpha value is -2.85. The fourth-order valence-electron chi connectivity index (χ4n) is 2.46. The number of anilines is 2. The molecule has 3 rings (SSSR count). The molecule has 3 aromatic rings. The van der Waals surface area contributed by atoms with Crippen LogP contribution in [0.25, 0.3) is 0 Å². The van der Waals surface area contributed by atoms with Gasteiger partial charge in [0.1, 0.15) is 17.2 Å². The lowest BCUT2D eigenvalue weighted by Gasteiger charge is -2.11. The van der Waals surface area contributed by atoms with Crippen LogP contribution in [0.1, 0.15) is 0 Å². The summed E-state index contributed by atoms with van der Waals surface area (Å²) in [4.78, 5) is 0. The second kappa shape index (κ2) is 9.02. The van der Waals surface area contributed by atoms with Crippen LogP contribution in [0, 0.1) is 0 Å². The number of halogens is 1. The van der Waals surface area contributed by atoms with E-state index in [9.17, 15) is 0 Å². The monoisotopic (exact) mass is 368 g/mol. The molecule has 0 aliphatic carbocycles. The number of nitrogens with one attached hydrogen (secondary N) is 2. The van der Waals surface area contributed by atoms with Crippen LogP contribution in [-0.2, 0) is 0 Å². The first kappa shape index (κ1) is 18.0. The Balaban J connectivity index is 1.44. The van der Waals surface area contributed by atoms with Gasteiger partial charge in [-0.15, -0.1) is 0 Å². The quantitative estimate of drug-likeness (QED) is 0.503. The van der Waals surface area contributed by atoms with Gasteiger partial charge in [-0.05, 0) is 54.6 Å². The van der Waals surface area contributed by atoms with Gasteiger partial charge in [0, 0.05) is 24.5 Å². The third-order valence-corrected chi connectivity index (χ3v) is 4.06. The van der Waals surface area contributed by atoms with Crippen LogP contribution in [0.15, 0.2) is 72.8 Å². The van der Waals surface area contributed by atoms with Crippen LogP contribution < -0.4 is 20.1 Å². The van der Waals surface area contributed by atoms with Crippen molar-refractivity contribution in [1.82, 2.24) is 0 Å². The fraction of sp³-hybridized carbons (Fsp3) is 0.143. The van der Waals surface area contributed by atoms with Crippen LogP contribution >= 0.6 is 11.6 Å². The molecule has 4 nitrogen and oxygen atoms in total. The summed E-state index contributed by atoms with van der Waals surface area (Å²) in [6, 6.07) is 23.3. The first-order valence-corrected chi connectivity index (χ1v) is 8.76. The maximum atomic E-state index is 6.12. The molecule has 2 N–H and O–H groups in total. The molecule has 0 unspecified atom stereocenters. The summed E-state index contributed by atoms with van der Waals surface area (Å²) in [5, 5.41) is 7.29. The molecular formula is C21H21ClN2O2. The van der Waals surface area contributed by atoms with Gasteiger partial charge in [0.15, 0.2) is 0 Å². The summed E-state index contributed by atoms with van der Waals surface area (Å²) in [7, 11) is 1.61. The van der Waals surface area contributed by atoms with Crippen molar-refractivity contribution in [3.8, 4) is 17.2 Å². The first-order chi connectivity index (χ1) is 12.7. The molecule has 0 saturated heterocycles. The minimum absolute atomic E-state index is 0.597. The van der Waals surface area contributed by atoms with E-state index in [2.05, 4.69) is 10.6 Å². The Morgan fingerprint density at radius 2 is 1.38 bits per heavy atom. The van der Waals surface area contributed by atoms with Crippen LogP contribution in [0.5, 0.6) is 17.2 Å². The maximum absolute atomic E-state index is 6.12. The van der Waals surface area contributed by atoms with Crippen molar-refractivity contribution in [3.05, 3.63) is 77.8 Å². The van der Waals surface area contributed by atoms with E-state index < -0.39 is 0 Å². The number of para-hydroxylation sites is 1. The van der Waals surface area contributed by atoms with Crippen molar-refractivity contribution in [2.75, 3.05) is 30.8 Å². The highest BCUT2D eigenvalue weighted by atomic mass is 35.5. The van der Waals surface area contributed by atoms with E-state index in [-0.39, 0.29) is 0 Å². The number of hydrogen-bond donors (Lipinski definition) is 2. The number of methoxy groups -OCH3 is 1. The molecule has 0 radical (unpaired) electrons. The topological polar surface area (TPSA) is 42.5 Å². The molecular weight excluding hydrogens is 348 g/mol. The lowest BCUT2D eigenvalue weighted by Crippen LogP contribution is -2.13. The Morgan fingerprint density at radius 3 is 2.04 bits per heavy atom. The summed E-state index contributed by atoms with van der Waals surface area (Å²) < 4.78 is 10.9. The zero-order valence-corrected chi connectivity index (χ0v) is 15.3. The molecule has 0 aliphatic heterocycles. The lowest BCUT2D eigenvalue weighted by molar-refractivity contribution is 0.415. The van der Waals surface area contributed by atoms with Crippen molar-refractivity contribution >= 4 is 23.0 Å². The largest absolute Gasteiger partial charge is 0.495 e. The van der Waals surface area contributed by atoms with Gasteiger partial charge in [-0.3, -0.25) is 0 Å². The fourth-order valence-corrected chi connectivity index (χ4v) is 2.71. The minimum atomic E-state index is 0.597. The summed E-state index contributed by atoms with van der Waals surface area (Å²) >= 11 is 6.12. The SMILES string of the molecule is COc1ccc(NCCNc2ccc(Oc3ccccc3)cc2)cc1Cl. The van der Waals surface area contributed by atoms with Gasteiger partial charge in [0.05, 0.1) is 12.1 Å². The van der Waals surface area contributed by atoms with Gasteiger partial charge < -0.3 is 20.1 Å². The van der Waals surface area contributed by atoms with E-state index in [1.54, 1.807) is 7.11 Å². The molecule has 0 atom stereocenters. The normalized spacial score (nSPS) is 10.2. The standard InChI is InChI=1S/C21H21ClN2O2/c1-25-21-12-9-17(15-20(21)22)24-14-13-23-16-7-10-19(11-8-16)26-18-5-3-2-4-6-18/h2-12,15,23-24H,13-14H2,1H3. The Morgan fingerprint density at radius 1 is 0.769 bits per heavy atom. The average Bonchev–Trinajstić information content (AvgIpc) is 2.67. The summed E-state index contributed by atoms with van der Waals surface area (Å²) in [6.45, 7) is 1.55. The third kappa shape index (κ3) is 5.07. The molecule has 0 heterocycles. The molecule has 0 aromatic heterocycles.